The lowest BCUT2D eigenvalue weighted by molar-refractivity contribution is -0.706. The smallest absolute Gasteiger partial charge is 0.161 e. The van der Waals surface area contributed by atoms with Gasteiger partial charge in [0.05, 0.1) is 20.3 Å². The molecule has 1 aromatic rings. The number of methoxy groups -OCH3 is 2. The summed E-state index contributed by atoms with van der Waals surface area (Å²) >= 11 is 0. The van der Waals surface area contributed by atoms with Gasteiger partial charge in [-0.2, -0.15) is 0 Å². The second-order valence-corrected chi connectivity index (χ2v) is 5.03. The van der Waals surface area contributed by atoms with Crippen LogP contribution in [0.2, 0.25) is 0 Å². The van der Waals surface area contributed by atoms with Gasteiger partial charge < -0.3 is 14.8 Å². The highest BCUT2D eigenvalue weighted by atomic mass is 16.5. The fourth-order valence-electron chi connectivity index (χ4n) is 2.68. The second kappa shape index (κ2) is 6.64. The highest BCUT2D eigenvalue weighted by Gasteiger charge is 2.16. The van der Waals surface area contributed by atoms with Crippen LogP contribution in [0.25, 0.3) is 0 Å². The Labute approximate surface area is 109 Å². The van der Waals surface area contributed by atoms with Gasteiger partial charge >= 0.3 is 0 Å². The zero-order chi connectivity index (χ0) is 12.8. The van der Waals surface area contributed by atoms with Gasteiger partial charge in [-0.15, -0.1) is 0 Å². The molecule has 0 bridgehead atoms. The van der Waals surface area contributed by atoms with E-state index in [1.54, 1.807) is 14.2 Å². The molecule has 3 heteroatoms. The number of nitrogens with two attached hydrogens (primary N) is 1. The summed E-state index contributed by atoms with van der Waals surface area (Å²) in [6, 6.07) is 7.01. The first-order chi connectivity index (χ1) is 8.83. The normalized spacial score (nSPS) is 16.6. The topological polar surface area (TPSA) is 35.1 Å². The number of hydrogen-bond acceptors (Lipinski definition) is 2. The average Bonchev–Trinajstić information content (AvgIpc) is 2.45. The first kappa shape index (κ1) is 13.2. The third-order valence-corrected chi connectivity index (χ3v) is 3.78. The Kier molecular flexibility index (Phi) is 4.88. The molecule has 0 atom stereocenters. The van der Waals surface area contributed by atoms with Gasteiger partial charge in [0.1, 0.15) is 6.54 Å². The zero-order valence-electron chi connectivity index (χ0n) is 11.4. The first-order valence-corrected chi connectivity index (χ1v) is 6.87. The molecule has 0 radical (unpaired) electrons. The summed E-state index contributed by atoms with van der Waals surface area (Å²) in [6.07, 6.45) is 6.95. The molecule has 1 saturated carbocycles. The van der Waals surface area contributed by atoms with Crippen LogP contribution >= 0.6 is 0 Å². The van der Waals surface area contributed by atoms with Crippen molar-refractivity contribution in [3.05, 3.63) is 23.8 Å². The van der Waals surface area contributed by atoms with Gasteiger partial charge in [-0.1, -0.05) is 6.42 Å². The van der Waals surface area contributed by atoms with Crippen LogP contribution in [0.1, 0.15) is 37.7 Å². The summed E-state index contributed by atoms with van der Waals surface area (Å²) in [5.74, 6) is 1.63. The van der Waals surface area contributed by atoms with E-state index < -0.39 is 0 Å². The van der Waals surface area contributed by atoms with Crippen molar-refractivity contribution in [2.45, 2.75) is 44.7 Å². The van der Waals surface area contributed by atoms with Crippen molar-refractivity contribution in [3.8, 4) is 11.5 Å². The van der Waals surface area contributed by atoms with Gasteiger partial charge in [0.2, 0.25) is 0 Å². The third-order valence-electron chi connectivity index (χ3n) is 3.78. The lowest BCUT2D eigenvalue weighted by Crippen LogP contribution is -2.88. The third kappa shape index (κ3) is 3.39. The zero-order valence-corrected chi connectivity index (χ0v) is 11.4. The monoisotopic (exact) mass is 250 g/mol. The van der Waals surface area contributed by atoms with E-state index in [0.717, 1.165) is 24.1 Å². The van der Waals surface area contributed by atoms with Crippen molar-refractivity contribution in [1.82, 2.24) is 0 Å². The molecular formula is C15H24NO2+. The van der Waals surface area contributed by atoms with Crippen LogP contribution in [0.15, 0.2) is 18.2 Å². The van der Waals surface area contributed by atoms with E-state index >= 15 is 0 Å². The van der Waals surface area contributed by atoms with E-state index in [-0.39, 0.29) is 0 Å². The lowest BCUT2D eigenvalue weighted by atomic mass is 9.95. The average molecular weight is 250 g/mol. The summed E-state index contributed by atoms with van der Waals surface area (Å²) in [7, 11) is 3.36. The van der Waals surface area contributed by atoms with Crippen molar-refractivity contribution in [2.24, 2.45) is 0 Å². The Hall–Kier alpha value is -1.22. The van der Waals surface area contributed by atoms with Crippen molar-refractivity contribution in [3.63, 3.8) is 0 Å². The molecule has 1 aliphatic rings. The number of rotatable bonds is 5. The molecule has 2 rings (SSSR count). The molecular weight excluding hydrogens is 226 g/mol. The van der Waals surface area contributed by atoms with Crippen LogP contribution in [0.5, 0.6) is 11.5 Å². The molecule has 0 saturated heterocycles. The van der Waals surface area contributed by atoms with Crippen molar-refractivity contribution >= 4 is 0 Å². The Balaban J connectivity index is 1.92. The number of quaternary nitrogens is 1. The Morgan fingerprint density at radius 1 is 1.06 bits per heavy atom. The van der Waals surface area contributed by atoms with Gasteiger partial charge in [0, 0.05) is 5.56 Å². The molecule has 2 N–H and O–H groups in total. The standard InChI is InChI=1S/C15H23NO2/c1-17-14-9-8-12(10-15(14)18-2)11-16-13-6-4-3-5-7-13/h8-10,13,16H,3-7,11H2,1-2H3/p+1. The molecule has 1 aliphatic carbocycles. The Morgan fingerprint density at radius 3 is 2.44 bits per heavy atom. The van der Waals surface area contributed by atoms with Gasteiger partial charge in [0.25, 0.3) is 0 Å². The molecule has 18 heavy (non-hydrogen) atoms. The van der Waals surface area contributed by atoms with Crippen LogP contribution in [0.3, 0.4) is 0 Å². The molecule has 0 heterocycles. The summed E-state index contributed by atoms with van der Waals surface area (Å²) in [6.45, 7) is 1.03. The Bertz CT molecular complexity index is 373. The van der Waals surface area contributed by atoms with Crippen LogP contribution in [-0.2, 0) is 6.54 Å². The van der Waals surface area contributed by atoms with Crippen molar-refractivity contribution in [1.29, 1.82) is 0 Å². The number of hydrogen-bond donors (Lipinski definition) is 1. The minimum atomic E-state index is 0.805. The van der Waals surface area contributed by atoms with Crippen LogP contribution in [0.4, 0.5) is 0 Å². The van der Waals surface area contributed by atoms with E-state index in [4.69, 9.17) is 9.47 Å². The lowest BCUT2D eigenvalue weighted by Gasteiger charge is -2.20. The molecule has 1 fully saturated rings. The number of benzene rings is 1. The van der Waals surface area contributed by atoms with E-state index in [2.05, 4.69) is 17.4 Å². The maximum absolute atomic E-state index is 5.33. The van der Waals surface area contributed by atoms with Gasteiger partial charge in [0.15, 0.2) is 11.5 Å². The molecule has 3 nitrogen and oxygen atoms in total. The molecule has 0 aliphatic heterocycles. The first-order valence-electron chi connectivity index (χ1n) is 6.87. The summed E-state index contributed by atoms with van der Waals surface area (Å²) in [5, 5.41) is 2.47. The van der Waals surface area contributed by atoms with E-state index in [9.17, 15) is 0 Å². The maximum Gasteiger partial charge on any atom is 0.161 e. The minimum absolute atomic E-state index is 0.805. The van der Waals surface area contributed by atoms with Crippen LogP contribution in [0, 0.1) is 0 Å². The minimum Gasteiger partial charge on any atom is -0.493 e. The summed E-state index contributed by atoms with van der Waals surface area (Å²) in [5.41, 5.74) is 1.30. The maximum atomic E-state index is 5.33. The predicted octanol–water partition coefficient (Wildman–Crippen LogP) is 2.10. The van der Waals surface area contributed by atoms with Crippen molar-refractivity contribution < 1.29 is 14.8 Å². The molecule has 0 unspecified atom stereocenters. The fourth-order valence-corrected chi connectivity index (χ4v) is 2.68. The van der Waals surface area contributed by atoms with E-state index in [1.165, 1.54) is 37.7 Å². The SMILES string of the molecule is COc1ccc(C[NH2+]C2CCCCC2)cc1OC. The van der Waals surface area contributed by atoms with Crippen LogP contribution in [-0.4, -0.2) is 20.3 Å². The largest absolute Gasteiger partial charge is 0.493 e. The molecule has 0 amide bonds. The molecule has 0 aromatic heterocycles. The fraction of sp³-hybridized carbons (Fsp3) is 0.600. The Morgan fingerprint density at radius 2 is 1.78 bits per heavy atom. The van der Waals surface area contributed by atoms with Crippen molar-refractivity contribution in [2.75, 3.05) is 14.2 Å². The van der Waals surface area contributed by atoms with Gasteiger partial charge in [-0.05, 0) is 43.9 Å². The molecule has 1 aromatic carbocycles. The molecule has 0 spiro atoms. The van der Waals surface area contributed by atoms with Gasteiger partial charge in [-0.25, -0.2) is 0 Å². The summed E-state index contributed by atoms with van der Waals surface area (Å²) < 4.78 is 10.6. The predicted molar refractivity (Wildman–Crippen MR) is 72.0 cm³/mol. The number of ether oxygens (including phenoxy) is 2. The summed E-state index contributed by atoms with van der Waals surface area (Å²) in [4.78, 5) is 0. The van der Waals surface area contributed by atoms with Gasteiger partial charge in [-0.3, -0.25) is 0 Å². The van der Waals surface area contributed by atoms with E-state index in [0.29, 0.717) is 0 Å². The van der Waals surface area contributed by atoms with E-state index in [1.807, 2.05) is 6.07 Å². The van der Waals surface area contributed by atoms with Crippen LogP contribution < -0.4 is 14.8 Å². The highest BCUT2D eigenvalue weighted by molar-refractivity contribution is 5.42. The quantitative estimate of drug-likeness (QED) is 0.868. The molecule has 100 valence electrons. The highest BCUT2D eigenvalue weighted by Crippen LogP contribution is 2.27. The second-order valence-electron chi connectivity index (χ2n) is 5.03.